The monoisotopic (exact) mass is 408 g/mol. The van der Waals surface area contributed by atoms with Gasteiger partial charge in [0.2, 0.25) is 0 Å². The molecular formula is C13H25IN6O. The van der Waals surface area contributed by atoms with E-state index in [4.69, 9.17) is 4.74 Å². The van der Waals surface area contributed by atoms with Crippen molar-refractivity contribution in [3.05, 3.63) is 12.2 Å². The Morgan fingerprint density at radius 2 is 2.33 bits per heavy atom. The maximum absolute atomic E-state index is 5.59. The molecule has 7 nitrogen and oxygen atoms in total. The van der Waals surface area contributed by atoms with Gasteiger partial charge in [0.15, 0.2) is 5.96 Å². The van der Waals surface area contributed by atoms with E-state index in [1.807, 2.05) is 19.0 Å². The smallest absolute Gasteiger partial charge is 0.193 e. The van der Waals surface area contributed by atoms with Gasteiger partial charge < -0.3 is 15.0 Å². The number of aryl methyl sites for hydroxylation is 1. The van der Waals surface area contributed by atoms with E-state index in [-0.39, 0.29) is 24.0 Å². The lowest BCUT2D eigenvalue weighted by Gasteiger charge is -2.21. The van der Waals surface area contributed by atoms with E-state index in [1.54, 1.807) is 18.1 Å². The molecule has 1 fully saturated rings. The van der Waals surface area contributed by atoms with Crippen LogP contribution >= 0.6 is 24.0 Å². The largest absolute Gasteiger partial charge is 0.379 e. The molecule has 1 N–H and O–H groups in total. The van der Waals surface area contributed by atoms with Crippen LogP contribution in [-0.2, 0) is 18.3 Å². The topological polar surface area (TPSA) is 67.6 Å². The summed E-state index contributed by atoms with van der Waals surface area (Å²) in [5, 5.41) is 7.35. The average Bonchev–Trinajstić information content (AvgIpc) is 3.18. The van der Waals surface area contributed by atoms with Crippen molar-refractivity contribution in [3.63, 3.8) is 0 Å². The molecule has 0 radical (unpaired) electrons. The highest BCUT2D eigenvalue weighted by Gasteiger charge is 2.20. The van der Waals surface area contributed by atoms with Gasteiger partial charge in [-0.25, -0.2) is 4.98 Å². The summed E-state index contributed by atoms with van der Waals surface area (Å²) in [6, 6.07) is 0. The fourth-order valence-electron chi connectivity index (χ4n) is 1.90. The lowest BCUT2D eigenvalue weighted by atomic mass is 10.5. The quantitative estimate of drug-likeness (QED) is 0.314. The second kappa shape index (κ2) is 9.19. The third-order valence-electron chi connectivity index (χ3n) is 3.34. The van der Waals surface area contributed by atoms with Gasteiger partial charge in [0.1, 0.15) is 12.2 Å². The first-order valence-corrected chi connectivity index (χ1v) is 7.03. The standard InChI is InChI=1S/C13H24N6O.HI/c1-14-13(15-6-7-20-9-11-4-5-11)18(2)8-12-16-10-17-19(12)3;/h10-11H,4-9H2,1-3H3,(H,14,15);1H. The van der Waals surface area contributed by atoms with E-state index in [0.29, 0.717) is 13.2 Å². The molecule has 8 heteroatoms. The third-order valence-corrected chi connectivity index (χ3v) is 3.34. The van der Waals surface area contributed by atoms with Crippen molar-refractivity contribution in [2.45, 2.75) is 19.4 Å². The zero-order valence-electron chi connectivity index (χ0n) is 12.9. The molecule has 0 aromatic carbocycles. The summed E-state index contributed by atoms with van der Waals surface area (Å²) in [6.45, 7) is 3.05. The van der Waals surface area contributed by atoms with Crippen LogP contribution in [0, 0.1) is 5.92 Å². The van der Waals surface area contributed by atoms with Gasteiger partial charge in [-0.2, -0.15) is 5.10 Å². The minimum Gasteiger partial charge on any atom is -0.379 e. The highest BCUT2D eigenvalue weighted by molar-refractivity contribution is 14.0. The van der Waals surface area contributed by atoms with E-state index < -0.39 is 0 Å². The van der Waals surface area contributed by atoms with Crippen LogP contribution in [-0.4, -0.2) is 59.5 Å². The van der Waals surface area contributed by atoms with Gasteiger partial charge in [-0.15, -0.1) is 24.0 Å². The molecule has 1 aliphatic carbocycles. The van der Waals surface area contributed by atoms with Gasteiger partial charge in [0, 0.05) is 34.3 Å². The fourth-order valence-corrected chi connectivity index (χ4v) is 1.90. The Kier molecular flexibility index (Phi) is 7.94. The summed E-state index contributed by atoms with van der Waals surface area (Å²) >= 11 is 0. The van der Waals surface area contributed by atoms with Crippen LogP contribution in [0.3, 0.4) is 0 Å². The van der Waals surface area contributed by atoms with Gasteiger partial charge in [-0.05, 0) is 18.8 Å². The van der Waals surface area contributed by atoms with Crippen molar-refractivity contribution in [2.75, 3.05) is 33.9 Å². The zero-order chi connectivity index (χ0) is 14.4. The number of rotatable bonds is 7. The summed E-state index contributed by atoms with van der Waals surface area (Å²) in [7, 11) is 5.65. The summed E-state index contributed by atoms with van der Waals surface area (Å²) < 4.78 is 7.36. The predicted molar refractivity (Wildman–Crippen MR) is 92.8 cm³/mol. The average molecular weight is 408 g/mol. The first kappa shape index (κ1) is 18.1. The molecule has 0 spiro atoms. The SMILES string of the molecule is CN=C(NCCOCC1CC1)N(C)Cc1ncnn1C.I. The van der Waals surface area contributed by atoms with E-state index in [1.165, 1.54) is 12.8 Å². The number of nitrogens with zero attached hydrogens (tertiary/aromatic N) is 5. The number of guanidine groups is 1. The van der Waals surface area contributed by atoms with Gasteiger partial charge >= 0.3 is 0 Å². The van der Waals surface area contributed by atoms with Crippen molar-refractivity contribution >= 4 is 29.9 Å². The first-order chi connectivity index (χ1) is 9.70. The minimum absolute atomic E-state index is 0. The van der Waals surface area contributed by atoms with Crippen LogP contribution < -0.4 is 5.32 Å². The molecular weight excluding hydrogens is 383 g/mol. The van der Waals surface area contributed by atoms with E-state index in [9.17, 15) is 0 Å². The molecule has 2 rings (SSSR count). The molecule has 0 amide bonds. The van der Waals surface area contributed by atoms with Gasteiger partial charge in [0.25, 0.3) is 0 Å². The van der Waals surface area contributed by atoms with Crippen molar-refractivity contribution in [1.82, 2.24) is 25.0 Å². The normalized spacial score (nSPS) is 14.7. The summed E-state index contributed by atoms with van der Waals surface area (Å²) in [4.78, 5) is 10.5. The summed E-state index contributed by atoms with van der Waals surface area (Å²) in [6.07, 6.45) is 4.22. The number of aliphatic imine (C=N–C) groups is 1. The number of halogens is 1. The van der Waals surface area contributed by atoms with Crippen LogP contribution in [0.2, 0.25) is 0 Å². The number of aromatic nitrogens is 3. The molecule has 1 aromatic rings. The van der Waals surface area contributed by atoms with Crippen LogP contribution in [0.5, 0.6) is 0 Å². The maximum atomic E-state index is 5.59. The highest BCUT2D eigenvalue weighted by Crippen LogP contribution is 2.28. The molecule has 0 saturated heterocycles. The Bertz CT molecular complexity index is 446. The molecule has 1 heterocycles. The second-order valence-electron chi connectivity index (χ2n) is 5.15. The fraction of sp³-hybridized carbons (Fsp3) is 0.769. The Labute approximate surface area is 143 Å². The van der Waals surface area contributed by atoms with E-state index in [2.05, 4.69) is 20.4 Å². The van der Waals surface area contributed by atoms with Crippen LogP contribution in [0.4, 0.5) is 0 Å². The van der Waals surface area contributed by atoms with E-state index in [0.717, 1.165) is 30.9 Å². The van der Waals surface area contributed by atoms with Crippen molar-refractivity contribution in [2.24, 2.45) is 18.0 Å². The number of hydrogen-bond acceptors (Lipinski definition) is 4. The van der Waals surface area contributed by atoms with E-state index >= 15 is 0 Å². The van der Waals surface area contributed by atoms with Crippen LogP contribution in [0.25, 0.3) is 0 Å². The molecule has 1 saturated carbocycles. The van der Waals surface area contributed by atoms with Crippen LogP contribution in [0.1, 0.15) is 18.7 Å². The van der Waals surface area contributed by atoms with Crippen molar-refractivity contribution < 1.29 is 4.74 Å². The van der Waals surface area contributed by atoms with Crippen LogP contribution in [0.15, 0.2) is 11.3 Å². The maximum Gasteiger partial charge on any atom is 0.193 e. The molecule has 1 aromatic heterocycles. The molecule has 1 aliphatic rings. The van der Waals surface area contributed by atoms with Crippen molar-refractivity contribution in [1.29, 1.82) is 0 Å². The Morgan fingerprint density at radius 3 is 2.90 bits per heavy atom. The van der Waals surface area contributed by atoms with Crippen molar-refractivity contribution in [3.8, 4) is 0 Å². The Hall–Kier alpha value is -0.900. The van der Waals surface area contributed by atoms with Gasteiger partial charge in [-0.1, -0.05) is 0 Å². The van der Waals surface area contributed by atoms with Gasteiger partial charge in [0.05, 0.1) is 13.2 Å². The molecule has 0 aliphatic heterocycles. The number of hydrogen-bond donors (Lipinski definition) is 1. The van der Waals surface area contributed by atoms with Gasteiger partial charge in [-0.3, -0.25) is 9.67 Å². The lowest BCUT2D eigenvalue weighted by molar-refractivity contribution is 0.128. The Morgan fingerprint density at radius 1 is 1.57 bits per heavy atom. The number of ether oxygens (including phenoxy) is 1. The summed E-state index contributed by atoms with van der Waals surface area (Å²) in [5.41, 5.74) is 0. The zero-order valence-corrected chi connectivity index (χ0v) is 15.3. The molecule has 0 unspecified atom stereocenters. The molecule has 0 atom stereocenters. The first-order valence-electron chi connectivity index (χ1n) is 7.03. The number of nitrogens with one attached hydrogen (secondary N) is 1. The minimum atomic E-state index is 0. The lowest BCUT2D eigenvalue weighted by Crippen LogP contribution is -2.40. The molecule has 120 valence electrons. The molecule has 0 bridgehead atoms. The third kappa shape index (κ3) is 6.16. The predicted octanol–water partition coefficient (Wildman–Crippen LogP) is 0.867. The Balaban J connectivity index is 0.00000220. The second-order valence-corrected chi connectivity index (χ2v) is 5.15. The highest BCUT2D eigenvalue weighted by atomic mass is 127. The molecule has 21 heavy (non-hydrogen) atoms. The summed E-state index contributed by atoms with van der Waals surface area (Å²) in [5.74, 6) is 2.55.